The molecule has 0 aliphatic rings. The van der Waals surface area contributed by atoms with E-state index in [4.69, 9.17) is 9.47 Å². The SMILES string of the molecule is CCCCOc1ccc(C(=O)NC(C(=O)Nc2nnc(-c3cccc(OC)c3)s2)C(C)C)cc1. The van der Waals surface area contributed by atoms with Gasteiger partial charge in [0.1, 0.15) is 22.5 Å². The fourth-order valence-corrected chi connectivity index (χ4v) is 3.87. The first-order chi connectivity index (χ1) is 16.4. The highest BCUT2D eigenvalue weighted by Gasteiger charge is 2.26. The van der Waals surface area contributed by atoms with Crippen LogP contribution in [-0.4, -0.2) is 41.8 Å². The van der Waals surface area contributed by atoms with Crippen LogP contribution in [0.3, 0.4) is 0 Å². The van der Waals surface area contributed by atoms with Gasteiger partial charge < -0.3 is 14.8 Å². The number of hydrogen-bond acceptors (Lipinski definition) is 7. The first kappa shape index (κ1) is 25.2. The number of hydrogen-bond donors (Lipinski definition) is 2. The Morgan fingerprint density at radius 3 is 2.50 bits per heavy atom. The highest BCUT2D eigenvalue weighted by Crippen LogP contribution is 2.29. The molecule has 3 rings (SSSR count). The van der Waals surface area contributed by atoms with Gasteiger partial charge in [0.25, 0.3) is 5.91 Å². The van der Waals surface area contributed by atoms with Gasteiger partial charge in [-0.25, -0.2) is 0 Å². The Hall–Kier alpha value is -3.46. The van der Waals surface area contributed by atoms with Gasteiger partial charge in [0.15, 0.2) is 0 Å². The number of nitrogens with one attached hydrogen (secondary N) is 2. The Kier molecular flexibility index (Phi) is 8.98. The van der Waals surface area contributed by atoms with Crippen molar-refractivity contribution in [1.82, 2.24) is 15.5 Å². The molecule has 1 atom stereocenters. The van der Waals surface area contributed by atoms with E-state index >= 15 is 0 Å². The Morgan fingerprint density at radius 2 is 1.82 bits per heavy atom. The predicted molar refractivity (Wildman–Crippen MR) is 133 cm³/mol. The molecule has 0 bridgehead atoms. The molecule has 0 radical (unpaired) electrons. The number of ether oxygens (including phenoxy) is 2. The van der Waals surface area contributed by atoms with E-state index < -0.39 is 6.04 Å². The smallest absolute Gasteiger partial charge is 0.251 e. The molecule has 0 aliphatic carbocycles. The van der Waals surface area contributed by atoms with Crippen LogP contribution in [0.2, 0.25) is 0 Å². The summed E-state index contributed by atoms with van der Waals surface area (Å²) in [5.41, 5.74) is 1.30. The van der Waals surface area contributed by atoms with Crippen LogP contribution in [0.15, 0.2) is 48.5 Å². The van der Waals surface area contributed by atoms with Crippen LogP contribution in [0.1, 0.15) is 44.0 Å². The number of methoxy groups -OCH3 is 1. The van der Waals surface area contributed by atoms with Crippen molar-refractivity contribution in [2.75, 3.05) is 19.0 Å². The molecule has 0 aliphatic heterocycles. The lowest BCUT2D eigenvalue weighted by Gasteiger charge is -2.21. The summed E-state index contributed by atoms with van der Waals surface area (Å²) in [6, 6.07) is 13.6. The lowest BCUT2D eigenvalue weighted by atomic mass is 10.0. The Labute approximate surface area is 203 Å². The first-order valence-electron chi connectivity index (χ1n) is 11.2. The second-order valence-electron chi connectivity index (χ2n) is 8.06. The topological polar surface area (TPSA) is 102 Å². The van der Waals surface area contributed by atoms with E-state index in [0.29, 0.717) is 33.8 Å². The van der Waals surface area contributed by atoms with Crippen LogP contribution in [0.25, 0.3) is 10.6 Å². The monoisotopic (exact) mass is 482 g/mol. The largest absolute Gasteiger partial charge is 0.497 e. The van der Waals surface area contributed by atoms with Crippen LogP contribution < -0.4 is 20.1 Å². The van der Waals surface area contributed by atoms with Gasteiger partial charge in [-0.2, -0.15) is 0 Å². The number of benzene rings is 2. The van der Waals surface area contributed by atoms with E-state index in [2.05, 4.69) is 27.8 Å². The number of carbonyl (C=O) groups is 2. The van der Waals surface area contributed by atoms with Gasteiger partial charge in [-0.1, -0.05) is 50.7 Å². The lowest BCUT2D eigenvalue weighted by Crippen LogP contribution is -2.47. The fraction of sp³-hybridized carbons (Fsp3) is 0.360. The molecular formula is C25H30N4O4S. The second kappa shape index (κ2) is 12.1. The molecule has 2 N–H and O–H groups in total. The van der Waals surface area contributed by atoms with E-state index in [0.717, 1.165) is 18.4 Å². The molecule has 0 spiro atoms. The molecule has 1 aromatic heterocycles. The molecule has 1 heterocycles. The number of rotatable bonds is 11. The van der Waals surface area contributed by atoms with Gasteiger partial charge in [0.05, 0.1) is 13.7 Å². The fourth-order valence-electron chi connectivity index (χ4n) is 3.13. The second-order valence-corrected chi connectivity index (χ2v) is 9.03. The summed E-state index contributed by atoms with van der Waals surface area (Å²) in [6.07, 6.45) is 2.03. The lowest BCUT2D eigenvalue weighted by molar-refractivity contribution is -0.118. The highest BCUT2D eigenvalue weighted by molar-refractivity contribution is 7.18. The molecule has 0 fully saturated rings. The molecule has 34 heavy (non-hydrogen) atoms. The third-order valence-electron chi connectivity index (χ3n) is 5.09. The molecule has 180 valence electrons. The van der Waals surface area contributed by atoms with Crippen molar-refractivity contribution >= 4 is 28.3 Å². The number of amides is 2. The number of aromatic nitrogens is 2. The third kappa shape index (κ3) is 6.77. The predicted octanol–water partition coefficient (Wildman–Crippen LogP) is 4.79. The van der Waals surface area contributed by atoms with Gasteiger partial charge in [0, 0.05) is 11.1 Å². The zero-order valence-corrected chi connectivity index (χ0v) is 20.6. The van der Waals surface area contributed by atoms with Crippen molar-refractivity contribution in [2.24, 2.45) is 5.92 Å². The molecule has 0 saturated heterocycles. The Bertz CT molecular complexity index is 1100. The summed E-state index contributed by atoms with van der Waals surface area (Å²) in [7, 11) is 1.60. The van der Waals surface area contributed by atoms with Gasteiger partial charge in [-0.15, -0.1) is 10.2 Å². The van der Waals surface area contributed by atoms with Gasteiger partial charge >= 0.3 is 0 Å². The van der Waals surface area contributed by atoms with Gasteiger partial charge in [-0.3, -0.25) is 14.9 Å². The van der Waals surface area contributed by atoms with E-state index in [1.807, 2.05) is 38.1 Å². The summed E-state index contributed by atoms with van der Waals surface area (Å²) in [5, 5.41) is 14.9. The zero-order valence-electron chi connectivity index (χ0n) is 19.8. The van der Waals surface area contributed by atoms with Crippen LogP contribution >= 0.6 is 11.3 Å². The molecule has 2 aromatic carbocycles. The number of unbranched alkanes of at least 4 members (excludes halogenated alkanes) is 1. The minimum Gasteiger partial charge on any atom is -0.497 e. The molecular weight excluding hydrogens is 452 g/mol. The minimum absolute atomic E-state index is 0.133. The van der Waals surface area contributed by atoms with Crippen molar-refractivity contribution in [3.63, 3.8) is 0 Å². The van der Waals surface area contributed by atoms with Gasteiger partial charge in [0.2, 0.25) is 11.0 Å². The Balaban J connectivity index is 1.63. The highest BCUT2D eigenvalue weighted by atomic mass is 32.1. The quantitative estimate of drug-likeness (QED) is 0.381. The molecule has 3 aromatic rings. The van der Waals surface area contributed by atoms with Crippen molar-refractivity contribution in [3.8, 4) is 22.1 Å². The van der Waals surface area contributed by atoms with E-state index in [1.54, 1.807) is 31.4 Å². The molecule has 1 unspecified atom stereocenters. The average Bonchev–Trinajstić information content (AvgIpc) is 3.31. The molecule has 0 saturated carbocycles. The zero-order chi connectivity index (χ0) is 24.5. The first-order valence-corrected chi connectivity index (χ1v) is 12.1. The minimum atomic E-state index is -0.739. The molecule has 2 amide bonds. The number of nitrogens with zero attached hydrogens (tertiary/aromatic N) is 2. The van der Waals surface area contributed by atoms with Crippen molar-refractivity contribution in [1.29, 1.82) is 0 Å². The number of anilines is 1. The Morgan fingerprint density at radius 1 is 1.06 bits per heavy atom. The average molecular weight is 483 g/mol. The maximum atomic E-state index is 12.9. The normalized spacial score (nSPS) is 11.7. The van der Waals surface area contributed by atoms with Crippen molar-refractivity contribution in [3.05, 3.63) is 54.1 Å². The maximum absolute atomic E-state index is 12.9. The number of carbonyl (C=O) groups excluding carboxylic acids is 2. The summed E-state index contributed by atoms with van der Waals surface area (Å²) >= 11 is 1.25. The summed E-state index contributed by atoms with van der Waals surface area (Å²) in [4.78, 5) is 25.7. The molecule has 8 nitrogen and oxygen atoms in total. The van der Waals surface area contributed by atoms with E-state index in [1.165, 1.54) is 11.3 Å². The van der Waals surface area contributed by atoms with Crippen molar-refractivity contribution < 1.29 is 19.1 Å². The van der Waals surface area contributed by atoms with Crippen LogP contribution in [0, 0.1) is 5.92 Å². The van der Waals surface area contributed by atoms with Gasteiger partial charge in [-0.05, 0) is 48.7 Å². The summed E-state index contributed by atoms with van der Waals surface area (Å²) < 4.78 is 10.9. The third-order valence-corrected chi connectivity index (χ3v) is 5.98. The van der Waals surface area contributed by atoms with Crippen LogP contribution in [0.5, 0.6) is 11.5 Å². The van der Waals surface area contributed by atoms with E-state index in [-0.39, 0.29) is 17.7 Å². The van der Waals surface area contributed by atoms with Crippen LogP contribution in [0.4, 0.5) is 5.13 Å². The summed E-state index contributed by atoms with van der Waals surface area (Å²) in [5.74, 6) is 0.610. The summed E-state index contributed by atoms with van der Waals surface area (Å²) in [6.45, 7) is 6.49. The van der Waals surface area contributed by atoms with Crippen LogP contribution in [-0.2, 0) is 4.79 Å². The standard InChI is InChI=1S/C25H30N4O4S/c1-5-6-14-33-19-12-10-17(11-13-19)22(30)26-21(16(2)3)23(31)27-25-29-28-24(34-25)18-8-7-9-20(15-18)32-4/h7-13,15-16,21H,5-6,14H2,1-4H3,(H,26,30)(H,27,29,31). The van der Waals surface area contributed by atoms with E-state index in [9.17, 15) is 9.59 Å². The van der Waals surface area contributed by atoms with Crippen molar-refractivity contribution in [2.45, 2.75) is 39.7 Å². The molecule has 9 heteroatoms. The maximum Gasteiger partial charge on any atom is 0.251 e.